The van der Waals surface area contributed by atoms with Gasteiger partial charge in [0.25, 0.3) is 0 Å². The van der Waals surface area contributed by atoms with E-state index >= 15 is 0 Å². The van der Waals surface area contributed by atoms with Crippen molar-refractivity contribution in [1.82, 2.24) is 24.8 Å². The lowest BCUT2D eigenvalue weighted by atomic mass is 10.0. The van der Waals surface area contributed by atoms with Crippen LogP contribution in [-0.2, 0) is 6.42 Å². The van der Waals surface area contributed by atoms with Crippen LogP contribution in [0.15, 0.2) is 49.2 Å². The second-order valence-electron chi connectivity index (χ2n) is 4.92. The number of aromatic amines is 1. The molecule has 3 aromatic rings. The SMILES string of the molecule is c1cncc(-n2cccc2[C@@H]2NCCc3[nH]cnc32)c1. The summed E-state index contributed by atoms with van der Waals surface area (Å²) in [6, 6.07) is 8.33. The van der Waals surface area contributed by atoms with Crippen LogP contribution < -0.4 is 5.32 Å². The van der Waals surface area contributed by atoms with Crippen molar-refractivity contribution in [2.75, 3.05) is 6.54 Å². The van der Waals surface area contributed by atoms with Crippen molar-refractivity contribution in [3.05, 3.63) is 66.3 Å². The molecular weight excluding hydrogens is 250 g/mol. The van der Waals surface area contributed by atoms with Crippen molar-refractivity contribution in [2.45, 2.75) is 12.5 Å². The Bertz CT molecular complexity index is 713. The number of nitrogens with zero attached hydrogens (tertiary/aromatic N) is 3. The van der Waals surface area contributed by atoms with Crippen molar-refractivity contribution in [3.8, 4) is 5.69 Å². The van der Waals surface area contributed by atoms with E-state index in [1.54, 1.807) is 12.5 Å². The summed E-state index contributed by atoms with van der Waals surface area (Å²) < 4.78 is 2.16. The molecule has 0 spiro atoms. The van der Waals surface area contributed by atoms with Crippen LogP contribution in [0, 0.1) is 0 Å². The van der Waals surface area contributed by atoms with Crippen LogP contribution in [0.5, 0.6) is 0 Å². The molecule has 0 amide bonds. The fourth-order valence-electron chi connectivity index (χ4n) is 2.82. The van der Waals surface area contributed by atoms with Crippen LogP contribution in [0.2, 0.25) is 0 Å². The van der Waals surface area contributed by atoms with Crippen molar-refractivity contribution in [1.29, 1.82) is 0 Å². The molecule has 0 saturated carbocycles. The maximum atomic E-state index is 4.48. The average molecular weight is 265 g/mol. The van der Waals surface area contributed by atoms with Crippen molar-refractivity contribution < 1.29 is 0 Å². The molecule has 0 aliphatic carbocycles. The minimum absolute atomic E-state index is 0.125. The van der Waals surface area contributed by atoms with Crippen LogP contribution >= 0.6 is 0 Å². The first-order valence-electron chi connectivity index (χ1n) is 6.76. The fraction of sp³-hybridized carbons (Fsp3) is 0.200. The van der Waals surface area contributed by atoms with E-state index in [2.05, 4.69) is 49.2 Å². The molecule has 0 bridgehead atoms. The summed E-state index contributed by atoms with van der Waals surface area (Å²) >= 11 is 0. The Morgan fingerprint density at radius 1 is 1.25 bits per heavy atom. The van der Waals surface area contributed by atoms with Gasteiger partial charge in [-0.05, 0) is 24.3 Å². The molecule has 100 valence electrons. The average Bonchev–Trinajstić information content (AvgIpc) is 3.16. The third-order valence-corrected chi connectivity index (χ3v) is 3.75. The molecule has 0 unspecified atom stereocenters. The molecule has 1 aliphatic rings. The summed E-state index contributed by atoms with van der Waals surface area (Å²) in [6.07, 6.45) is 8.51. The second kappa shape index (κ2) is 4.61. The Morgan fingerprint density at radius 3 is 3.15 bits per heavy atom. The zero-order valence-electron chi connectivity index (χ0n) is 11.0. The van der Waals surface area contributed by atoms with E-state index in [0.29, 0.717) is 0 Å². The third-order valence-electron chi connectivity index (χ3n) is 3.75. The lowest BCUT2D eigenvalue weighted by Crippen LogP contribution is -2.32. The standard InChI is InChI=1S/C15H15N5/c1-3-11(9-16-6-1)20-8-2-4-13(20)15-14-12(5-7-17-15)18-10-19-14/h1-4,6,8-10,15,17H,5,7H2,(H,18,19)/t15-/m0/s1. The number of hydrogen-bond acceptors (Lipinski definition) is 3. The van der Waals surface area contributed by atoms with Crippen LogP contribution in [0.4, 0.5) is 0 Å². The van der Waals surface area contributed by atoms with E-state index in [1.165, 1.54) is 11.4 Å². The fourth-order valence-corrected chi connectivity index (χ4v) is 2.82. The van der Waals surface area contributed by atoms with Gasteiger partial charge in [0.05, 0.1) is 29.9 Å². The summed E-state index contributed by atoms with van der Waals surface area (Å²) in [4.78, 5) is 11.9. The lowest BCUT2D eigenvalue weighted by Gasteiger charge is -2.24. The van der Waals surface area contributed by atoms with Crippen molar-refractivity contribution in [2.24, 2.45) is 0 Å². The van der Waals surface area contributed by atoms with Crippen molar-refractivity contribution >= 4 is 0 Å². The molecule has 1 atom stereocenters. The molecule has 0 radical (unpaired) electrons. The van der Waals surface area contributed by atoms with E-state index in [-0.39, 0.29) is 6.04 Å². The number of pyridine rings is 1. The first-order chi connectivity index (χ1) is 9.93. The minimum atomic E-state index is 0.125. The highest BCUT2D eigenvalue weighted by Gasteiger charge is 2.26. The maximum absolute atomic E-state index is 4.48. The molecule has 2 N–H and O–H groups in total. The first kappa shape index (κ1) is 11.4. The third kappa shape index (κ3) is 1.75. The van der Waals surface area contributed by atoms with E-state index in [9.17, 15) is 0 Å². The smallest absolute Gasteiger partial charge is 0.0927 e. The summed E-state index contributed by atoms with van der Waals surface area (Å²) in [6.45, 7) is 0.956. The minimum Gasteiger partial charge on any atom is -0.348 e. The van der Waals surface area contributed by atoms with Gasteiger partial charge in [0, 0.05) is 36.7 Å². The van der Waals surface area contributed by atoms with Gasteiger partial charge in [0.1, 0.15) is 0 Å². The van der Waals surface area contributed by atoms with E-state index < -0.39 is 0 Å². The predicted octanol–water partition coefficient (Wildman–Crippen LogP) is 1.83. The molecule has 0 fully saturated rings. The van der Waals surface area contributed by atoms with E-state index in [1.807, 2.05) is 12.3 Å². The molecule has 4 rings (SSSR count). The molecule has 4 heterocycles. The normalized spacial score (nSPS) is 17.9. The summed E-state index contributed by atoms with van der Waals surface area (Å²) in [5, 5.41) is 3.55. The summed E-state index contributed by atoms with van der Waals surface area (Å²) in [5.74, 6) is 0. The number of fused-ring (bicyclic) bond motifs is 1. The Labute approximate surface area is 116 Å². The van der Waals surface area contributed by atoms with Crippen LogP contribution in [0.1, 0.15) is 23.1 Å². The molecule has 0 aromatic carbocycles. The maximum Gasteiger partial charge on any atom is 0.0927 e. The number of rotatable bonds is 2. The molecule has 1 aliphatic heterocycles. The molecule has 3 aromatic heterocycles. The van der Waals surface area contributed by atoms with Gasteiger partial charge in [0.2, 0.25) is 0 Å². The number of imidazole rings is 1. The Kier molecular flexibility index (Phi) is 2.63. The number of H-pyrrole nitrogens is 1. The topological polar surface area (TPSA) is 58.5 Å². The Morgan fingerprint density at radius 2 is 2.25 bits per heavy atom. The molecular formula is C15H15N5. The van der Waals surface area contributed by atoms with Crippen molar-refractivity contribution in [3.63, 3.8) is 0 Å². The number of hydrogen-bond donors (Lipinski definition) is 2. The summed E-state index contributed by atoms with van der Waals surface area (Å²) in [7, 11) is 0. The van der Waals surface area contributed by atoms with Gasteiger partial charge in [-0.15, -0.1) is 0 Å². The predicted molar refractivity (Wildman–Crippen MR) is 75.7 cm³/mol. The Hall–Kier alpha value is -2.40. The van der Waals surface area contributed by atoms with E-state index in [0.717, 1.165) is 24.3 Å². The van der Waals surface area contributed by atoms with Crippen LogP contribution in [0.3, 0.4) is 0 Å². The monoisotopic (exact) mass is 265 g/mol. The highest BCUT2D eigenvalue weighted by atomic mass is 15.1. The second-order valence-corrected chi connectivity index (χ2v) is 4.92. The lowest BCUT2D eigenvalue weighted by molar-refractivity contribution is 0.537. The van der Waals surface area contributed by atoms with Crippen LogP contribution in [0.25, 0.3) is 5.69 Å². The van der Waals surface area contributed by atoms with Crippen LogP contribution in [-0.4, -0.2) is 26.1 Å². The molecule has 0 saturated heterocycles. The molecule has 20 heavy (non-hydrogen) atoms. The number of aromatic nitrogens is 4. The van der Waals surface area contributed by atoms with Gasteiger partial charge in [-0.2, -0.15) is 0 Å². The zero-order chi connectivity index (χ0) is 13.4. The van der Waals surface area contributed by atoms with Gasteiger partial charge in [0.15, 0.2) is 0 Å². The highest BCUT2D eigenvalue weighted by Crippen LogP contribution is 2.28. The largest absolute Gasteiger partial charge is 0.348 e. The first-order valence-corrected chi connectivity index (χ1v) is 6.76. The zero-order valence-corrected chi connectivity index (χ0v) is 11.0. The van der Waals surface area contributed by atoms with Gasteiger partial charge in [-0.3, -0.25) is 4.98 Å². The quantitative estimate of drug-likeness (QED) is 0.743. The molecule has 5 heteroatoms. The van der Waals surface area contributed by atoms with E-state index in [4.69, 9.17) is 0 Å². The van der Waals surface area contributed by atoms with Gasteiger partial charge < -0.3 is 14.9 Å². The molecule has 5 nitrogen and oxygen atoms in total. The number of nitrogens with one attached hydrogen (secondary N) is 2. The highest BCUT2D eigenvalue weighted by molar-refractivity contribution is 5.37. The Balaban J connectivity index is 1.81. The van der Waals surface area contributed by atoms with Gasteiger partial charge >= 0.3 is 0 Å². The van der Waals surface area contributed by atoms with Gasteiger partial charge in [-0.1, -0.05) is 0 Å². The summed E-state index contributed by atoms with van der Waals surface area (Å²) in [5.41, 5.74) is 4.58. The van der Waals surface area contributed by atoms with Gasteiger partial charge in [-0.25, -0.2) is 4.98 Å².